The summed E-state index contributed by atoms with van der Waals surface area (Å²) in [5, 5.41) is 8.89. The standard InChI is InChI=1S/C23H25N3O/c1-15-8-10-16(11-9-15)19-14-18-12-13-20(26(18)2)21(19)23-25-24-22(27-23)17-6-4-3-5-7-17/h3-11,18-21H,12-14H2,1-2H3/t18-,19+,20+,21?/m0/s1. The Balaban J connectivity index is 1.54. The molecule has 2 bridgehead atoms. The zero-order chi connectivity index (χ0) is 18.4. The minimum Gasteiger partial charge on any atom is -0.420 e. The topological polar surface area (TPSA) is 42.2 Å². The molecule has 2 saturated heterocycles. The molecular weight excluding hydrogens is 334 g/mol. The van der Waals surface area contributed by atoms with Gasteiger partial charge in [-0.05, 0) is 56.8 Å². The lowest BCUT2D eigenvalue weighted by atomic mass is 9.76. The quantitative estimate of drug-likeness (QED) is 0.675. The maximum absolute atomic E-state index is 6.23. The normalized spacial score (nSPS) is 27.8. The van der Waals surface area contributed by atoms with Gasteiger partial charge in [-0.3, -0.25) is 4.90 Å². The van der Waals surface area contributed by atoms with Crippen molar-refractivity contribution in [1.82, 2.24) is 15.1 Å². The first-order valence-electron chi connectivity index (χ1n) is 9.88. The van der Waals surface area contributed by atoms with Crippen LogP contribution in [0.15, 0.2) is 59.0 Å². The Bertz CT molecular complexity index is 918. The number of benzene rings is 2. The van der Waals surface area contributed by atoms with Crippen molar-refractivity contribution < 1.29 is 4.42 Å². The van der Waals surface area contributed by atoms with Gasteiger partial charge in [-0.1, -0.05) is 48.0 Å². The fraction of sp³-hybridized carbons (Fsp3) is 0.391. The number of likely N-dealkylation sites (N-methyl/N-ethyl adjacent to an activating group) is 1. The lowest BCUT2D eigenvalue weighted by Crippen LogP contribution is -2.44. The maximum Gasteiger partial charge on any atom is 0.247 e. The van der Waals surface area contributed by atoms with Gasteiger partial charge in [0.25, 0.3) is 0 Å². The van der Waals surface area contributed by atoms with Crippen molar-refractivity contribution in [3.05, 3.63) is 71.6 Å². The van der Waals surface area contributed by atoms with Gasteiger partial charge >= 0.3 is 0 Å². The summed E-state index contributed by atoms with van der Waals surface area (Å²) < 4.78 is 6.23. The highest BCUT2D eigenvalue weighted by atomic mass is 16.4. The summed E-state index contributed by atoms with van der Waals surface area (Å²) in [7, 11) is 2.26. The number of rotatable bonds is 3. The van der Waals surface area contributed by atoms with Gasteiger partial charge in [0.1, 0.15) is 0 Å². The van der Waals surface area contributed by atoms with Gasteiger partial charge in [0.05, 0.1) is 5.92 Å². The molecule has 3 aromatic rings. The van der Waals surface area contributed by atoms with Gasteiger partial charge in [-0.15, -0.1) is 10.2 Å². The van der Waals surface area contributed by atoms with Crippen molar-refractivity contribution in [1.29, 1.82) is 0 Å². The Kier molecular flexibility index (Phi) is 4.09. The van der Waals surface area contributed by atoms with Gasteiger partial charge in [0, 0.05) is 17.6 Å². The van der Waals surface area contributed by atoms with Gasteiger partial charge in [-0.2, -0.15) is 0 Å². The third-order valence-corrected chi connectivity index (χ3v) is 6.52. The van der Waals surface area contributed by atoms with E-state index in [1.807, 2.05) is 30.3 Å². The lowest BCUT2D eigenvalue weighted by molar-refractivity contribution is 0.124. The summed E-state index contributed by atoms with van der Waals surface area (Å²) in [5.41, 5.74) is 3.68. The summed E-state index contributed by atoms with van der Waals surface area (Å²) in [5.74, 6) is 2.09. The van der Waals surface area contributed by atoms with Crippen molar-refractivity contribution >= 4 is 0 Å². The fourth-order valence-electron chi connectivity index (χ4n) is 5.03. The van der Waals surface area contributed by atoms with E-state index >= 15 is 0 Å². The van der Waals surface area contributed by atoms with E-state index in [4.69, 9.17) is 4.42 Å². The first-order valence-corrected chi connectivity index (χ1v) is 9.88. The van der Waals surface area contributed by atoms with E-state index in [1.54, 1.807) is 0 Å². The van der Waals surface area contributed by atoms with Crippen LogP contribution in [-0.4, -0.2) is 34.2 Å². The van der Waals surface area contributed by atoms with Crippen LogP contribution in [0.5, 0.6) is 0 Å². The maximum atomic E-state index is 6.23. The Morgan fingerprint density at radius 2 is 1.74 bits per heavy atom. The van der Waals surface area contributed by atoms with Crippen molar-refractivity contribution in [2.24, 2.45) is 0 Å². The van der Waals surface area contributed by atoms with Crippen LogP contribution in [0.3, 0.4) is 0 Å². The van der Waals surface area contributed by atoms with Crippen molar-refractivity contribution in [3.63, 3.8) is 0 Å². The number of fused-ring (bicyclic) bond motifs is 2. The van der Waals surface area contributed by atoms with E-state index in [0.717, 1.165) is 17.9 Å². The minimum atomic E-state index is 0.251. The molecule has 3 heterocycles. The zero-order valence-electron chi connectivity index (χ0n) is 15.9. The van der Waals surface area contributed by atoms with Crippen molar-refractivity contribution in [2.75, 3.05) is 7.05 Å². The molecule has 0 spiro atoms. The summed E-state index contributed by atoms with van der Waals surface area (Å²) >= 11 is 0. The van der Waals surface area contributed by atoms with E-state index < -0.39 is 0 Å². The summed E-state index contributed by atoms with van der Waals surface area (Å²) in [6.07, 6.45) is 3.63. The molecule has 0 saturated carbocycles. The van der Waals surface area contributed by atoms with E-state index in [9.17, 15) is 0 Å². The summed E-state index contributed by atoms with van der Waals surface area (Å²) in [6, 6.07) is 20.2. The monoisotopic (exact) mass is 359 g/mol. The highest BCUT2D eigenvalue weighted by Gasteiger charge is 2.48. The van der Waals surface area contributed by atoms with E-state index in [2.05, 4.69) is 53.3 Å². The number of piperidine rings is 1. The second-order valence-corrected chi connectivity index (χ2v) is 8.05. The third-order valence-electron chi connectivity index (χ3n) is 6.52. The van der Waals surface area contributed by atoms with Crippen LogP contribution in [0.4, 0.5) is 0 Å². The number of aryl methyl sites for hydroxylation is 1. The van der Waals surface area contributed by atoms with E-state index in [1.165, 1.54) is 24.0 Å². The van der Waals surface area contributed by atoms with Crippen LogP contribution in [0.2, 0.25) is 0 Å². The molecule has 0 amide bonds. The molecule has 0 radical (unpaired) electrons. The average molecular weight is 359 g/mol. The molecule has 5 rings (SSSR count). The zero-order valence-corrected chi connectivity index (χ0v) is 15.9. The van der Waals surface area contributed by atoms with E-state index in [-0.39, 0.29) is 5.92 Å². The second kappa shape index (κ2) is 6.61. The van der Waals surface area contributed by atoms with Gasteiger partial charge in [-0.25, -0.2) is 0 Å². The Hall–Kier alpha value is -2.46. The SMILES string of the molecule is Cc1ccc([C@H]2C[C@@H]3CC[C@H](C2c2nnc(-c4ccccc4)o2)N3C)cc1. The smallest absolute Gasteiger partial charge is 0.247 e. The highest BCUT2D eigenvalue weighted by Crippen LogP contribution is 2.50. The molecule has 4 heteroatoms. The molecule has 1 aromatic heterocycles. The second-order valence-electron chi connectivity index (χ2n) is 8.05. The highest BCUT2D eigenvalue weighted by molar-refractivity contribution is 5.51. The van der Waals surface area contributed by atoms with Crippen molar-refractivity contribution in [2.45, 2.75) is 50.1 Å². The Morgan fingerprint density at radius 1 is 0.963 bits per heavy atom. The van der Waals surface area contributed by atoms with Crippen LogP contribution < -0.4 is 0 Å². The lowest BCUT2D eigenvalue weighted by Gasteiger charge is -2.41. The van der Waals surface area contributed by atoms with Crippen LogP contribution in [0.25, 0.3) is 11.5 Å². The molecule has 4 nitrogen and oxygen atoms in total. The van der Waals surface area contributed by atoms with Crippen LogP contribution in [0, 0.1) is 6.92 Å². The van der Waals surface area contributed by atoms with Crippen molar-refractivity contribution in [3.8, 4) is 11.5 Å². The van der Waals surface area contributed by atoms with Gasteiger partial charge in [0.15, 0.2) is 0 Å². The largest absolute Gasteiger partial charge is 0.420 e. The van der Waals surface area contributed by atoms with Crippen LogP contribution >= 0.6 is 0 Å². The number of aromatic nitrogens is 2. The summed E-state index contributed by atoms with van der Waals surface area (Å²) in [6.45, 7) is 2.14. The molecular formula is C23H25N3O. The van der Waals surface area contributed by atoms with Gasteiger partial charge in [0.2, 0.25) is 11.8 Å². The van der Waals surface area contributed by atoms with E-state index in [0.29, 0.717) is 23.9 Å². The Morgan fingerprint density at radius 3 is 2.52 bits per heavy atom. The van der Waals surface area contributed by atoms with Crippen LogP contribution in [-0.2, 0) is 0 Å². The first-order chi connectivity index (χ1) is 13.2. The van der Waals surface area contributed by atoms with Gasteiger partial charge < -0.3 is 4.42 Å². The molecule has 0 aliphatic carbocycles. The molecule has 2 aromatic carbocycles. The fourth-order valence-corrected chi connectivity index (χ4v) is 5.03. The molecule has 2 aliphatic rings. The van der Waals surface area contributed by atoms with Crippen LogP contribution in [0.1, 0.15) is 48.1 Å². The number of hydrogen-bond donors (Lipinski definition) is 0. The molecule has 27 heavy (non-hydrogen) atoms. The Labute approximate surface area is 160 Å². The third kappa shape index (κ3) is 2.88. The summed E-state index contributed by atoms with van der Waals surface area (Å²) in [4.78, 5) is 2.54. The molecule has 2 aliphatic heterocycles. The first kappa shape index (κ1) is 16.7. The minimum absolute atomic E-state index is 0.251. The molecule has 0 N–H and O–H groups in total. The predicted octanol–water partition coefficient (Wildman–Crippen LogP) is 4.78. The average Bonchev–Trinajstić information content (AvgIpc) is 3.26. The molecule has 1 unspecified atom stereocenters. The molecule has 138 valence electrons. The molecule has 2 fully saturated rings. The predicted molar refractivity (Wildman–Crippen MR) is 106 cm³/mol. The molecule has 4 atom stereocenters. The number of nitrogens with zero attached hydrogens (tertiary/aromatic N) is 3. The number of hydrogen-bond acceptors (Lipinski definition) is 4.